The summed E-state index contributed by atoms with van der Waals surface area (Å²) in [7, 11) is 0. The van der Waals surface area contributed by atoms with E-state index < -0.39 is 12.1 Å². The number of fused-ring (bicyclic) bond motifs is 1. The summed E-state index contributed by atoms with van der Waals surface area (Å²) in [6, 6.07) is 8.07. The van der Waals surface area contributed by atoms with Gasteiger partial charge in [0.25, 0.3) is 6.01 Å². The Morgan fingerprint density at radius 3 is 2.44 bits per heavy atom. The Kier molecular flexibility index (Phi) is 3.83. The lowest BCUT2D eigenvalue weighted by Gasteiger charge is -2.32. The summed E-state index contributed by atoms with van der Waals surface area (Å²) in [6.45, 7) is 2.73. The SMILES string of the molecule is FC(F)(F)c1nnc(CN2CCN(c3nc4ccccc4o3)CC2)o1. The van der Waals surface area contributed by atoms with Gasteiger partial charge in [0.1, 0.15) is 5.52 Å². The highest BCUT2D eigenvalue weighted by molar-refractivity contribution is 5.74. The van der Waals surface area contributed by atoms with E-state index in [0.717, 1.165) is 11.1 Å². The molecule has 3 heterocycles. The van der Waals surface area contributed by atoms with Crippen molar-refractivity contribution in [1.82, 2.24) is 20.1 Å². The molecule has 1 saturated heterocycles. The lowest BCUT2D eigenvalue weighted by molar-refractivity contribution is -0.157. The normalized spacial score (nSPS) is 16.7. The number of alkyl halides is 3. The first kappa shape index (κ1) is 15.9. The molecule has 1 aliphatic rings. The standard InChI is InChI=1S/C15H14F3N5O2/c16-15(17,18)13-21-20-12(25-13)9-22-5-7-23(8-6-22)14-19-10-3-1-2-4-11(10)24-14/h1-4H,5-9H2. The predicted molar refractivity (Wildman–Crippen MR) is 80.8 cm³/mol. The van der Waals surface area contributed by atoms with Crippen LogP contribution in [0.4, 0.5) is 19.2 Å². The molecule has 0 saturated carbocycles. The molecule has 0 bridgehead atoms. The summed E-state index contributed by atoms with van der Waals surface area (Å²) in [5, 5.41) is 6.50. The molecule has 1 aromatic carbocycles. The fourth-order valence-electron chi connectivity index (χ4n) is 2.72. The third kappa shape index (κ3) is 3.29. The van der Waals surface area contributed by atoms with Crippen molar-refractivity contribution >= 4 is 17.1 Å². The predicted octanol–water partition coefficient (Wildman–Crippen LogP) is 2.55. The average molecular weight is 353 g/mol. The molecule has 1 aliphatic heterocycles. The second kappa shape index (κ2) is 6.03. The van der Waals surface area contributed by atoms with Crippen LogP contribution in [0.5, 0.6) is 0 Å². The van der Waals surface area contributed by atoms with E-state index in [-0.39, 0.29) is 12.4 Å². The first-order valence-corrected chi connectivity index (χ1v) is 7.71. The van der Waals surface area contributed by atoms with Crippen molar-refractivity contribution in [3.05, 3.63) is 36.0 Å². The number of hydrogen-bond donors (Lipinski definition) is 0. The van der Waals surface area contributed by atoms with E-state index >= 15 is 0 Å². The fraction of sp³-hybridized carbons (Fsp3) is 0.400. The summed E-state index contributed by atoms with van der Waals surface area (Å²) in [6.07, 6.45) is -4.61. The van der Waals surface area contributed by atoms with Crippen LogP contribution in [0.2, 0.25) is 0 Å². The van der Waals surface area contributed by atoms with Gasteiger partial charge in [0.2, 0.25) is 5.89 Å². The Morgan fingerprint density at radius 2 is 1.76 bits per heavy atom. The lowest BCUT2D eigenvalue weighted by Crippen LogP contribution is -2.46. The number of benzene rings is 1. The van der Waals surface area contributed by atoms with Crippen molar-refractivity contribution in [2.45, 2.75) is 12.7 Å². The lowest BCUT2D eigenvalue weighted by atomic mass is 10.3. The maximum Gasteiger partial charge on any atom is 0.470 e. The largest absolute Gasteiger partial charge is 0.470 e. The molecule has 25 heavy (non-hydrogen) atoms. The van der Waals surface area contributed by atoms with Crippen LogP contribution in [0.25, 0.3) is 11.1 Å². The zero-order valence-electron chi connectivity index (χ0n) is 13.0. The number of para-hydroxylation sites is 2. The van der Waals surface area contributed by atoms with Crippen LogP contribution in [0.1, 0.15) is 11.8 Å². The van der Waals surface area contributed by atoms with Gasteiger partial charge in [-0.1, -0.05) is 12.1 Å². The Hall–Kier alpha value is -2.62. The molecule has 0 aliphatic carbocycles. The van der Waals surface area contributed by atoms with Gasteiger partial charge in [0, 0.05) is 26.2 Å². The Labute approximate surface area is 140 Å². The van der Waals surface area contributed by atoms with Crippen LogP contribution < -0.4 is 4.90 Å². The quantitative estimate of drug-likeness (QED) is 0.716. The summed E-state index contributed by atoms with van der Waals surface area (Å²) < 4.78 is 47.8. The Bertz CT molecular complexity index is 834. The zero-order chi connectivity index (χ0) is 17.4. The zero-order valence-corrected chi connectivity index (χ0v) is 13.0. The first-order valence-electron chi connectivity index (χ1n) is 7.71. The van der Waals surface area contributed by atoms with E-state index in [1.54, 1.807) is 0 Å². The second-order valence-corrected chi connectivity index (χ2v) is 5.73. The summed E-state index contributed by atoms with van der Waals surface area (Å²) >= 11 is 0. The van der Waals surface area contributed by atoms with Gasteiger partial charge in [-0.05, 0) is 12.1 Å². The molecule has 1 fully saturated rings. The Balaban J connectivity index is 1.37. The Morgan fingerprint density at radius 1 is 1.00 bits per heavy atom. The van der Waals surface area contributed by atoms with Crippen LogP contribution in [0.3, 0.4) is 0 Å². The number of nitrogens with zero attached hydrogens (tertiary/aromatic N) is 5. The highest BCUT2D eigenvalue weighted by Crippen LogP contribution is 2.28. The van der Waals surface area contributed by atoms with Gasteiger partial charge in [0.05, 0.1) is 6.54 Å². The maximum atomic E-state index is 12.5. The number of aromatic nitrogens is 3. The van der Waals surface area contributed by atoms with E-state index in [0.29, 0.717) is 32.2 Å². The van der Waals surface area contributed by atoms with Gasteiger partial charge >= 0.3 is 12.1 Å². The number of oxazole rings is 1. The van der Waals surface area contributed by atoms with Crippen molar-refractivity contribution in [2.24, 2.45) is 0 Å². The van der Waals surface area contributed by atoms with E-state index in [9.17, 15) is 13.2 Å². The molecule has 0 N–H and O–H groups in total. The third-order valence-electron chi connectivity index (χ3n) is 3.99. The summed E-state index contributed by atoms with van der Waals surface area (Å²) in [4.78, 5) is 8.41. The van der Waals surface area contributed by atoms with Gasteiger partial charge < -0.3 is 13.7 Å². The van der Waals surface area contributed by atoms with Gasteiger partial charge in [-0.3, -0.25) is 4.90 Å². The molecule has 0 radical (unpaired) electrons. The molecule has 132 valence electrons. The van der Waals surface area contributed by atoms with E-state index in [1.807, 2.05) is 34.1 Å². The van der Waals surface area contributed by atoms with Crippen LogP contribution in [-0.2, 0) is 12.7 Å². The first-order chi connectivity index (χ1) is 12.0. The van der Waals surface area contributed by atoms with Crippen LogP contribution >= 0.6 is 0 Å². The van der Waals surface area contributed by atoms with Gasteiger partial charge in [-0.2, -0.15) is 18.2 Å². The highest BCUT2D eigenvalue weighted by Gasteiger charge is 2.38. The monoisotopic (exact) mass is 353 g/mol. The minimum Gasteiger partial charge on any atom is -0.423 e. The molecule has 3 aromatic rings. The van der Waals surface area contributed by atoms with Crippen molar-refractivity contribution < 1.29 is 22.0 Å². The van der Waals surface area contributed by atoms with Crippen LogP contribution in [0, 0.1) is 0 Å². The highest BCUT2D eigenvalue weighted by atomic mass is 19.4. The number of piperazine rings is 1. The van der Waals surface area contributed by atoms with Crippen molar-refractivity contribution in [1.29, 1.82) is 0 Å². The van der Waals surface area contributed by atoms with Crippen molar-refractivity contribution in [2.75, 3.05) is 31.1 Å². The summed E-state index contributed by atoms with van der Waals surface area (Å²) in [5.41, 5.74) is 1.52. The molecule has 4 rings (SSSR count). The summed E-state index contributed by atoms with van der Waals surface area (Å²) in [5.74, 6) is -1.35. The smallest absolute Gasteiger partial charge is 0.423 e. The number of hydrogen-bond acceptors (Lipinski definition) is 7. The van der Waals surface area contributed by atoms with Gasteiger partial charge in [0.15, 0.2) is 5.58 Å². The van der Waals surface area contributed by atoms with Crippen molar-refractivity contribution in [3.8, 4) is 0 Å². The van der Waals surface area contributed by atoms with Gasteiger partial charge in [-0.25, -0.2) is 0 Å². The van der Waals surface area contributed by atoms with Crippen molar-refractivity contribution in [3.63, 3.8) is 0 Å². The number of rotatable bonds is 3. The molecular weight excluding hydrogens is 339 g/mol. The van der Waals surface area contributed by atoms with Gasteiger partial charge in [-0.15, -0.1) is 10.2 Å². The second-order valence-electron chi connectivity index (χ2n) is 5.73. The minimum absolute atomic E-state index is 0.0392. The fourth-order valence-corrected chi connectivity index (χ4v) is 2.72. The molecular formula is C15H14F3N5O2. The molecule has 0 amide bonds. The topological polar surface area (TPSA) is 71.4 Å². The van der Waals surface area contributed by atoms with E-state index in [2.05, 4.69) is 19.6 Å². The molecule has 7 nitrogen and oxygen atoms in total. The molecule has 0 spiro atoms. The number of halogens is 3. The third-order valence-corrected chi connectivity index (χ3v) is 3.99. The number of anilines is 1. The van der Waals surface area contributed by atoms with E-state index in [4.69, 9.17) is 4.42 Å². The average Bonchev–Trinajstić information content (AvgIpc) is 3.21. The molecule has 0 unspecified atom stereocenters. The van der Waals surface area contributed by atoms with Crippen LogP contribution in [-0.4, -0.2) is 46.3 Å². The van der Waals surface area contributed by atoms with Crippen LogP contribution in [0.15, 0.2) is 33.1 Å². The molecule has 10 heteroatoms. The maximum absolute atomic E-state index is 12.5. The molecule has 2 aromatic heterocycles. The molecule has 0 atom stereocenters. The minimum atomic E-state index is -4.61. The van der Waals surface area contributed by atoms with E-state index in [1.165, 1.54) is 0 Å².